The topological polar surface area (TPSA) is 69.7 Å². The molecule has 0 spiro atoms. The number of carbonyl (C=O) groups is 1. The van der Waals surface area contributed by atoms with Gasteiger partial charge in [0, 0.05) is 23.7 Å². The first kappa shape index (κ1) is 17.7. The Hall–Kier alpha value is -2.70. The first-order valence-corrected chi connectivity index (χ1v) is 8.92. The number of carbonyl (C=O) groups excluding carboxylic acids is 1. The molecular weight excluding hydrogens is 391 g/mol. The van der Waals surface area contributed by atoms with E-state index in [1.54, 1.807) is 36.5 Å². The Morgan fingerprint density at radius 2 is 1.89 bits per heavy atom. The number of amides is 1. The van der Waals surface area contributed by atoms with Gasteiger partial charge in [0.15, 0.2) is 18.1 Å². The lowest BCUT2D eigenvalue weighted by atomic mass is 10.2. The van der Waals surface area contributed by atoms with Gasteiger partial charge >= 0.3 is 0 Å². The number of nitrogens with one attached hydrogen (secondary N) is 1. The van der Waals surface area contributed by atoms with Crippen LogP contribution in [0.5, 0.6) is 17.2 Å². The van der Waals surface area contributed by atoms with Crippen molar-refractivity contribution in [3.05, 3.63) is 52.6 Å². The number of pyridine rings is 1. The molecule has 6 nitrogen and oxygen atoms in total. The van der Waals surface area contributed by atoms with Gasteiger partial charge in [0.2, 0.25) is 0 Å². The Morgan fingerprint density at radius 3 is 2.70 bits per heavy atom. The summed E-state index contributed by atoms with van der Waals surface area (Å²) in [6.45, 7) is 0.700. The zero-order valence-corrected chi connectivity index (χ0v) is 15.5. The lowest BCUT2D eigenvalue weighted by Crippen LogP contribution is -2.21. The maximum atomic E-state index is 12.3. The van der Waals surface area contributed by atoms with Crippen LogP contribution in [-0.4, -0.2) is 30.7 Å². The van der Waals surface area contributed by atoms with Crippen molar-refractivity contribution in [2.45, 2.75) is 0 Å². The normalized spacial score (nSPS) is 12.7. The number of ether oxygens (including phenoxy) is 3. The molecule has 138 valence electrons. The zero-order chi connectivity index (χ0) is 18.8. The number of aromatic nitrogens is 1. The van der Waals surface area contributed by atoms with E-state index in [1.807, 2.05) is 6.07 Å². The van der Waals surface area contributed by atoms with Gasteiger partial charge < -0.3 is 19.5 Å². The van der Waals surface area contributed by atoms with Crippen LogP contribution in [0, 0.1) is 0 Å². The van der Waals surface area contributed by atoms with Gasteiger partial charge in [-0.3, -0.25) is 9.78 Å². The highest BCUT2D eigenvalue weighted by Gasteiger charge is 2.17. The summed E-state index contributed by atoms with van der Waals surface area (Å²) in [4.78, 5) is 16.6. The van der Waals surface area contributed by atoms with Crippen molar-refractivity contribution in [2.24, 2.45) is 0 Å². The fraction of sp³-hybridized carbons (Fsp3) is 0.158. The molecule has 0 saturated heterocycles. The largest absolute Gasteiger partial charge is 0.486 e. The summed E-state index contributed by atoms with van der Waals surface area (Å²) in [5.41, 5.74) is 1.02. The third-order valence-electron chi connectivity index (χ3n) is 3.94. The quantitative estimate of drug-likeness (QED) is 0.700. The van der Waals surface area contributed by atoms with Gasteiger partial charge in [0.25, 0.3) is 5.91 Å². The fourth-order valence-corrected chi connectivity index (χ4v) is 3.13. The van der Waals surface area contributed by atoms with Crippen molar-refractivity contribution >= 4 is 45.7 Å². The van der Waals surface area contributed by atoms with E-state index in [-0.39, 0.29) is 12.5 Å². The predicted octanol–water partition coefficient (Wildman–Crippen LogP) is 4.33. The molecule has 2 aromatic carbocycles. The van der Waals surface area contributed by atoms with Crippen molar-refractivity contribution in [1.29, 1.82) is 0 Å². The van der Waals surface area contributed by atoms with Crippen molar-refractivity contribution in [1.82, 2.24) is 4.98 Å². The van der Waals surface area contributed by atoms with E-state index in [0.717, 1.165) is 5.39 Å². The first-order valence-electron chi connectivity index (χ1n) is 8.17. The van der Waals surface area contributed by atoms with Crippen LogP contribution in [0.3, 0.4) is 0 Å². The monoisotopic (exact) mass is 404 g/mol. The van der Waals surface area contributed by atoms with Gasteiger partial charge in [0.1, 0.15) is 24.5 Å². The number of hydrogen-bond acceptors (Lipinski definition) is 5. The number of fused-ring (bicyclic) bond motifs is 2. The molecule has 3 aromatic rings. The molecule has 0 unspecified atom stereocenters. The summed E-state index contributed by atoms with van der Waals surface area (Å²) >= 11 is 12.4. The molecule has 1 N–H and O–H groups in total. The van der Waals surface area contributed by atoms with Gasteiger partial charge in [-0.25, -0.2) is 0 Å². The Morgan fingerprint density at radius 1 is 1.11 bits per heavy atom. The Labute approximate surface area is 165 Å². The minimum absolute atomic E-state index is 0.210. The Bertz CT molecular complexity index is 1030. The second-order valence-corrected chi connectivity index (χ2v) is 6.57. The van der Waals surface area contributed by atoms with Crippen LogP contribution in [0.15, 0.2) is 42.6 Å². The van der Waals surface area contributed by atoms with Crippen molar-refractivity contribution in [3.8, 4) is 17.2 Å². The summed E-state index contributed by atoms with van der Waals surface area (Å²) in [7, 11) is 0. The highest BCUT2D eigenvalue weighted by Crippen LogP contribution is 2.38. The SMILES string of the molecule is O=C(COc1ccc(Cl)c2cccnc12)Nc1cc2c(cc1Cl)OCCO2. The number of nitrogens with zero attached hydrogens (tertiary/aromatic N) is 1. The molecule has 27 heavy (non-hydrogen) atoms. The third kappa shape index (κ3) is 3.72. The van der Waals surface area contributed by atoms with Gasteiger partial charge in [-0.15, -0.1) is 0 Å². The van der Waals surface area contributed by atoms with E-state index in [9.17, 15) is 4.79 Å². The Kier molecular flexibility index (Phi) is 4.92. The fourth-order valence-electron chi connectivity index (χ4n) is 2.72. The predicted molar refractivity (Wildman–Crippen MR) is 103 cm³/mol. The molecule has 0 atom stereocenters. The molecule has 8 heteroatoms. The third-order valence-corrected chi connectivity index (χ3v) is 4.59. The van der Waals surface area contributed by atoms with Crippen LogP contribution in [0.25, 0.3) is 10.9 Å². The van der Waals surface area contributed by atoms with Gasteiger partial charge in [0.05, 0.1) is 15.7 Å². The van der Waals surface area contributed by atoms with Crippen LogP contribution in [0.4, 0.5) is 5.69 Å². The van der Waals surface area contributed by atoms with Crippen LogP contribution in [0.1, 0.15) is 0 Å². The van der Waals surface area contributed by atoms with Crippen LogP contribution >= 0.6 is 23.2 Å². The van der Waals surface area contributed by atoms with E-state index in [4.69, 9.17) is 37.4 Å². The maximum Gasteiger partial charge on any atom is 0.262 e. The van der Waals surface area contributed by atoms with Crippen LogP contribution in [0.2, 0.25) is 10.0 Å². The second kappa shape index (κ2) is 7.50. The highest BCUT2D eigenvalue weighted by atomic mass is 35.5. The molecule has 0 aliphatic carbocycles. The number of rotatable bonds is 4. The molecule has 0 bridgehead atoms. The lowest BCUT2D eigenvalue weighted by Gasteiger charge is -2.20. The van der Waals surface area contributed by atoms with E-state index >= 15 is 0 Å². The minimum Gasteiger partial charge on any atom is -0.486 e. The average molecular weight is 405 g/mol. The molecule has 1 amide bonds. The average Bonchev–Trinajstić information content (AvgIpc) is 2.68. The second-order valence-electron chi connectivity index (χ2n) is 5.76. The molecule has 2 heterocycles. The van der Waals surface area contributed by atoms with Gasteiger partial charge in [-0.1, -0.05) is 23.2 Å². The van der Waals surface area contributed by atoms with Crippen LogP contribution < -0.4 is 19.5 Å². The Balaban J connectivity index is 1.47. The highest BCUT2D eigenvalue weighted by molar-refractivity contribution is 6.35. The van der Waals surface area contributed by atoms with Crippen LogP contribution in [-0.2, 0) is 4.79 Å². The summed E-state index contributed by atoms with van der Waals surface area (Å²) in [6, 6.07) is 10.3. The lowest BCUT2D eigenvalue weighted by molar-refractivity contribution is -0.118. The van der Waals surface area contributed by atoms with E-state index in [0.29, 0.717) is 51.7 Å². The van der Waals surface area contributed by atoms with Crippen molar-refractivity contribution in [2.75, 3.05) is 25.1 Å². The van der Waals surface area contributed by atoms with Gasteiger partial charge in [-0.05, 0) is 24.3 Å². The molecule has 1 aliphatic heterocycles. The zero-order valence-electron chi connectivity index (χ0n) is 14.0. The van der Waals surface area contributed by atoms with Crippen molar-refractivity contribution < 1.29 is 19.0 Å². The van der Waals surface area contributed by atoms with E-state index in [1.165, 1.54) is 0 Å². The van der Waals surface area contributed by atoms with Crippen molar-refractivity contribution in [3.63, 3.8) is 0 Å². The van der Waals surface area contributed by atoms with E-state index in [2.05, 4.69) is 10.3 Å². The summed E-state index contributed by atoms with van der Waals surface area (Å²) in [5.74, 6) is 1.19. The summed E-state index contributed by atoms with van der Waals surface area (Å²) in [5, 5.41) is 4.39. The summed E-state index contributed by atoms with van der Waals surface area (Å²) < 4.78 is 16.6. The van der Waals surface area contributed by atoms with Gasteiger partial charge in [-0.2, -0.15) is 0 Å². The molecule has 1 aromatic heterocycles. The standard InChI is InChI=1S/C19H14Cl2N2O4/c20-12-3-4-15(19-11(12)2-1-5-22-19)27-10-18(24)23-14-9-17-16(8-13(14)21)25-6-7-26-17/h1-5,8-9H,6-7,10H2,(H,23,24). The molecule has 0 radical (unpaired) electrons. The molecule has 4 rings (SSSR count). The molecule has 0 saturated carbocycles. The molecular formula is C19H14Cl2N2O4. The number of anilines is 1. The molecule has 0 fully saturated rings. The maximum absolute atomic E-state index is 12.3. The molecule has 1 aliphatic rings. The minimum atomic E-state index is -0.368. The first-order chi connectivity index (χ1) is 13.1. The smallest absolute Gasteiger partial charge is 0.262 e. The number of halogens is 2. The van der Waals surface area contributed by atoms with E-state index < -0.39 is 0 Å². The number of benzene rings is 2. The number of hydrogen-bond donors (Lipinski definition) is 1. The summed E-state index contributed by atoms with van der Waals surface area (Å²) in [6.07, 6.45) is 1.64.